The molecule has 3 aliphatic carbocycles. The van der Waals surface area contributed by atoms with Crippen LogP contribution in [0.15, 0.2) is 49.6 Å². The molecular formula is C43H54ClN15O2. The number of carbonyl (C=O) groups is 2. The SMILES string of the molecule is C1CCC(CNC2CC2)C1.Cc1cn2cc(NC(=O)c3cnc(Cl)cn3)nc(C)c2n1.Cc1cn2cc(NC(=O)c3cnc(N4CC[C@@H](CNC5CC5)C4)cn3)nc(C)c2n1. The number of nitrogens with zero attached hydrogens (tertiary/aromatic N) is 11. The number of aryl methyl sites for hydroxylation is 4. The summed E-state index contributed by atoms with van der Waals surface area (Å²) in [6.45, 7) is 11.9. The van der Waals surface area contributed by atoms with Crippen LogP contribution < -0.4 is 26.2 Å². The zero-order chi connectivity index (χ0) is 42.5. The molecule has 0 radical (unpaired) electrons. The van der Waals surface area contributed by atoms with E-state index in [0.29, 0.717) is 17.6 Å². The predicted molar refractivity (Wildman–Crippen MR) is 234 cm³/mol. The number of fused-ring (bicyclic) bond motifs is 2. The second-order valence-electron chi connectivity index (χ2n) is 16.7. The highest BCUT2D eigenvalue weighted by Gasteiger charge is 2.27. The molecule has 1 saturated heterocycles. The van der Waals surface area contributed by atoms with Crippen molar-refractivity contribution in [3.63, 3.8) is 0 Å². The molecule has 320 valence electrons. The van der Waals surface area contributed by atoms with Crippen molar-refractivity contribution < 1.29 is 9.59 Å². The molecule has 4 N–H and O–H groups in total. The summed E-state index contributed by atoms with van der Waals surface area (Å²) in [4.78, 5) is 61.0. The summed E-state index contributed by atoms with van der Waals surface area (Å²) in [6, 6.07) is 1.66. The molecule has 4 aliphatic rings. The van der Waals surface area contributed by atoms with E-state index in [4.69, 9.17) is 11.6 Å². The Kier molecular flexibility index (Phi) is 13.1. The Bertz CT molecular complexity index is 2460. The lowest BCUT2D eigenvalue weighted by Gasteiger charge is -2.17. The highest BCUT2D eigenvalue weighted by atomic mass is 35.5. The standard InChI is InChI=1S/C21H26N8O.C13H11ClN6O.C9H17N/c1-13-10-29-12-18(26-14(2)20(29)25-13)27-21(30)17-8-24-19(9-23-17)28-6-5-15(11-28)7-22-16-3-4-16;1-7-5-20-6-11(18-8(2)12(20)17-7)19-13(21)9-3-16-10(14)4-15-9;1-2-4-8(3-1)7-10-9-5-6-9/h8-10,12,15-16,22H,3-7,11H2,1-2H3,(H,27,30);3-6H,1-2H3,(H,19,21);8-10H,1-7H2/t15-;;/m0../s1. The molecular weight excluding hydrogens is 794 g/mol. The van der Waals surface area contributed by atoms with Crippen molar-refractivity contribution in [2.75, 3.05) is 41.7 Å². The van der Waals surface area contributed by atoms with Crippen LogP contribution in [0.2, 0.25) is 5.15 Å². The normalized spacial score (nSPS) is 17.5. The van der Waals surface area contributed by atoms with Gasteiger partial charge in [0.2, 0.25) is 0 Å². The van der Waals surface area contributed by atoms with Gasteiger partial charge in [0, 0.05) is 37.6 Å². The van der Waals surface area contributed by atoms with Gasteiger partial charge in [-0.25, -0.2) is 39.9 Å². The van der Waals surface area contributed by atoms with E-state index < -0.39 is 5.91 Å². The van der Waals surface area contributed by atoms with Crippen LogP contribution in [0, 0.1) is 39.5 Å². The third kappa shape index (κ3) is 11.4. The Morgan fingerprint density at radius 1 is 0.623 bits per heavy atom. The minimum Gasteiger partial charge on any atom is -0.355 e. The van der Waals surface area contributed by atoms with E-state index in [1.165, 1.54) is 76.5 Å². The van der Waals surface area contributed by atoms with E-state index in [2.05, 4.69) is 66.0 Å². The minimum atomic E-state index is -0.401. The van der Waals surface area contributed by atoms with Crippen LogP contribution in [0.5, 0.6) is 0 Å². The van der Waals surface area contributed by atoms with Gasteiger partial charge in [-0.2, -0.15) is 0 Å². The Balaban J connectivity index is 0.000000143. The quantitative estimate of drug-likeness (QED) is 0.120. The van der Waals surface area contributed by atoms with Crippen LogP contribution in [0.25, 0.3) is 11.3 Å². The molecule has 1 aliphatic heterocycles. The van der Waals surface area contributed by atoms with Crippen molar-refractivity contribution in [3.05, 3.63) is 88.9 Å². The minimum absolute atomic E-state index is 0.167. The first-order chi connectivity index (χ1) is 29.5. The molecule has 17 nitrogen and oxygen atoms in total. The molecule has 2 amide bonds. The number of imidazole rings is 2. The monoisotopic (exact) mass is 847 g/mol. The maximum Gasteiger partial charge on any atom is 0.277 e. The van der Waals surface area contributed by atoms with E-state index in [-0.39, 0.29) is 22.4 Å². The first kappa shape index (κ1) is 42.1. The second kappa shape index (κ2) is 19.0. The summed E-state index contributed by atoms with van der Waals surface area (Å²) in [5, 5.41) is 12.9. The highest BCUT2D eigenvalue weighted by Crippen LogP contribution is 2.26. The van der Waals surface area contributed by atoms with Crippen LogP contribution >= 0.6 is 11.6 Å². The van der Waals surface area contributed by atoms with Gasteiger partial charge in [0.15, 0.2) is 11.3 Å². The van der Waals surface area contributed by atoms with Crippen molar-refractivity contribution in [3.8, 4) is 0 Å². The fraction of sp³-hybridized carbons (Fsp3) is 0.488. The molecule has 6 aromatic heterocycles. The van der Waals surface area contributed by atoms with Gasteiger partial charge in [0.25, 0.3) is 11.8 Å². The van der Waals surface area contributed by atoms with Crippen LogP contribution in [0.1, 0.15) is 102 Å². The molecule has 0 bridgehead atoms. The van der Waals surface area contributed by atoms with Crippen molar-refractivity contribution >= 4 is 52.2 Å². The van der Waals surface area contributed by atoms with Gasteiger partial charge < -0.3 is 35.0 Å². The van der Waals surface area contributed by atoms with Crippen molar-refractivity contribution in [1.82, 2.24) is 59.3 Å². The highest BCUT2D eigenvalue weighted by molar-refractivity contribution is 6.29. The predicted octanol–water partition coefficient (Wildman–Crippen LogP) is 5.94. The summed E-state index contributed by atoms with van der Waals surface area (Å²) < 4.78 is 3.69. The van der Waals surface area contributed by atoms with E-state index >= 15 is 0 Å². The maximum absolute atomic E-state index is 12.6. The van der Waals surface area contributed by atoms with Gasteiger partial charge in [0.1, 0.15) is 34.0 Å². The number of carbonyl (C=O) groups excluding carboxylic acids is 2. The Hall–Kier alpha value is -5.65. The van der Waals surface area contributed by atoms with Crippen molar-refractivity contribution in [2.45, 2.75) is 97.6 Å². The van der Waals surface area contributed by atoms with E-state index in [1.54, 1.807) is 18.6 Å². The molecule has 10 rings (SSSR count). The van der Waals surface area contributed by atoms with Crippen LogP contribution in [-0.2, 0) is 0 Å². The maximum atomic E-state index is 12.6. The summed E-state index contributed by atoms with van der Waals surface area (Å²) in [5.41, 5.74) is 5.24. The van der Waals surface area contributed by atoms with Gasteiger partial charge in [-0.1, -0.05) is 24.4 Å². The Morgan fingerprint density at radius 2 is 1.15 bits per heavy atom. The molecule has 4 fully saturated rings. The van der Waals surface area contributed by atoms with Gasteiger partial charge in [-0.15, -0.1) is 0 Å². The number of hydrogen-bond donors (Lipinski definition) is 4. The zero-order valence-corrected chi connectivity index (χ0v) is 36.0. The number of hydrogen-bond acceptors (Lipinski definition) is 13. The van der Waals surface area contributed by atoms with Gasteiger partial charge >= 0.3 is 0 Å². The molecule has 18 heteroatoms. The molecule has 0 aromatic carbocycles. The second-order valence-corrected chi connectivity index (χ2v) is 17.0. The van der Waals surface area contributed by atoms with Gasteiger partial charge in [0.05, 0.1) is 60.0 Å². The first-order valence-electron chi connectivity index (χ1n) is 21.3. The zero-order valence-electron chi connectivity index (χ0n) is 35.2. The summed E-state index contributed by atoms with van der Waals surface area (Å²) in [7, 11) is 0. The Morgan fingerprint density at radius 3 is 1.64 bits per heavy atom. The lowest BCUT2D eigenvalue weighted by molar-refractivity contribution is 0.101. The van der Waals surface area contributed by atoms with E-state index in [0.717, 1.165) is 83.9 Å². The summed E-state index contributed by atoms with van der Waals surface area (Å²) in [6.07, 6.45) is 25.7. The number of nitrogens with one attached hydrogen (secondary N) is 4. The topological polar surface area (TPSA) is 197 Å². The van der Waals surface area contributed by atoms with Gasteiger partial charge in [-0.3, -0.25) is 9.59 Å². The molecule has 3 saturated carbocycles. The summed E-state index contributed by atoms with van der Waals surface area (Å²) in [5.74, 6) is 2.64. The fourth-order valence-corrected chi connectivity index (χ4v) is 7.82. The first-order valence-corrected chi connectivity index (χ1v) is 21.7. The molecule has 0 spiro atoms. The number of aromatic nitrogens is 10. The average Bonchev–Trinajstić information content (AvgIpc) is 4.02. The fourth-order valence-electron chi connectivity index (χ4n) is 7.72. The molecule has 6 aromatic rings. The summed E-state index contributed by atoms with van der Waals surface area (Å²) >= 11 is 5.64. The van der Waals surface area contributed by atoms with Crippen LogP contribution in [-0.4, -0.2) is 98.8 Å². The molecule has 61 heavy (non-hydrogen) atoms. The third-order valence-corrected chi connectivity index (χ3v) is 11.5. The number of rotatable bonds is 11. The lowest BCUT2D eigenvalue weighted by Crippen LogP contribution is -2.28. The van der Waals surface area contributed by atoms with E-state index in [9.17, 15) is 9.59 Å². The van der Waals surface area contributed by atoms with E-state index in [1.807, 2.05) is 48.9 Å². The largest absolute Gasteiger partial charge is 0.355 e. The lowest BCUT2D eigenvalue weighted by atomic mass is 10.1. The van der Waals surface area contributed by atoms with Crippen molar-refractivity contribution in [1.29, 1.82) is 0 Å². The smallest absolute Gasteiger partial charge is 0.277 e. The van der Waals surface area contributed by atoms with Crippen molar-refractivity contribution in [2.24, 2.45) is 11.8 Å². The number of anilines is 3. The molecule has 7 heterocycles. The average molecular weight is 848 g/mol. The van der Waals surface area contributed by atoms with Gasteiger partial charge in [-0.05, 0) is 97.6 Å². The molecule has 0 unspecified atom stereocenters. The third-order valence-electron chi connectivity index (χ3n) is 11.3. The van der Waals surface area contributed by atoms with Crippen LogP contribution in [0.3, 0.4) is 0 Å². The molecule has 1 atom stereocenters. The van der Waals surface area contributed by atoms with Crippen LogP contribution in [0.4, 0.5) is 17.5 Å². The Labute approximate surface area is 360 Å². The number of halogens is 1. The number of amides is 2.